The first kappa shape index (κ1) is 19.5. The summed E-state index contributed by atoms with van der Waals surface area (Å²) in [7, 11) is -2.39. The SMILES string of the molecule is COc1cccc(/C=C/S(=O)(=O)NC(=O)Nc2c3c(cc4c2CCC4)CCC3)c1. The van der Waals surface area contributed by atoms with Crippen LogP contribution in [0.3, 0.4) is 0 Å². The Morgan fingerprint density at radius 1 is 1.03 bits per heavy atom. The van der Waals surface area contributed by atoms with Crippen molar-refractivity contribution >= 4 is 27.8 Å². The number of hydrogen-bond acceptors (Lipinski definition) is 4. The number of amides is 2. The maximum Gasteiger partial charge on any atom is 0.333 e. The van der Waals surface area contributed by atoms with Gasteiger partial charge in [0.15, 0.2) is 0 Å². The summed E-state index contributed by atoms with van der Waals surface area (Å²) < 4.78 is 31.9. The largest absolute Gasteiger partial charge is 0.497 e. The van der Waals surface area contributed by atoms with Crippen LogP contribution in [0.1, 0.15) is 40.7 Å². The van der Waals surface area contributed by atoms with Crippen LogP contribution in [0, 0.1) is 0 Å². The standard InChI is InChI=1S/C22H24N2O4S/c1-28-18-8-2-5-15(13-18)11-12-29(26,27)24-22(25)23-21-19-9-3-6-16(19)14-17-7-4-10-20(17)21/h2,5,8,11-14H,3-4,6-7,9-10H2,1H3,(H2,23,24,25)/b12-11+. The van der Waals surface area contributed by atoms with Crippen LogP contribution in [-0.2, 0) is 35.7 Å². The van der Waals surface area contributed by atoms with Crippen molar-refractivity contribution in [2.75, 3.05) is 12.4 Å². The van der Waals surface area contributed by atoms with E-state index in [9.17, 15) is 13.2 Å². The molecule has 2 aliphatic carbocycles. The molecule has 0 saturated carbocycles. The van der Waals surface area contributed by atoms with E-state index in [0.717, 1.165) is 60.7 Å². The lowest BCUT2D eigenvalue weighted by molar-refractivity contribution is 0.256. The van der Waals surface area contributed by atoms with Crippen molar-refractivity contribution in [2.45, 2.75) is 38.5 Å². The molecule has 2 amide bonds. The molecule has 0 heterocycles. The van der Waals surface area contributed by atoms with Gasteiger partial charge in [0, 0.05) is 5.69 Å². The van der Waals surface area contributed by atoms with E-state index < -0.39 is 16.1 Å². The molecule has 152 valence electrons. The number of carbonyl (C=O) groups is 1. The molecule has 2 aromatic carbocycles. The summed E-state index contributed by atoms with van der Waals surface area (Å²) in [6, 6.07) is 8.54. The van der Waals surface area contributed by atoms with Gasteiger partial charge in [-0.15, -0.1) is 0 Å². The number of ether oxygens (including phenoxy) is 1. The Balaban J connectivity index is 1.49. The molecule has 0 aliphatic heterocycles. The van der Waals surface area contributed by atoms with Gasteiger partial charge in [0.2, 0.25) is 0 Å². The molecule has 0 atom stereocenters. The molecule has 2 aromatic rings. The predicted octanol–water partition coefficient (Wildman–Crippen LogP) is 3.79. The Hall–Kier alpha value is -2.80. The molecule has 0 bridgehead atoms. The third-order valence-electron chi connectivity index (χ3n) is 5.48. The summed E-state index contributed by atoms with van der Waals surface area (Å²) in [4.78, 5) is 12.5. The van der Waals surface area contributed by atoms with Crippen LogP contribution in [0.2, 0.25) is 0 Å². The van der Waals surface area contributed by atoms with Gasteiger partial charge in [0.25, 0.3) is 10.0 Å². The van der Waals surface area contributed by atoms with Crippen molar-refractivity contribution < 1.29 is 17.9 Å². The number of urea groups is 1. The van der Waals surface area contributed by atoms with E-state index in [-0.39, 0.29) is 0 Å². The number of nitrogens with one attached hydrogen (secondary N) is 2. The molecule has 0 aromatic heterocycles. The van der Waals surface area contributed by atoms with E-state index in [1.165, 1.54) is 17.2 Å². The van der Waals surface area contributed by atoms with Gasteiger partial charge in [0.1, 0.15) is 5.75 Å². The van der Waals surface area contributed by atoms with Gasteiger partial charge < -0.3 is 10.1 Å². The summed E-state index contributed by atoms with van der Waals surface area (Å²) in [5.41, 5.74) is 6.35. The van der Waals surface area contributed by atoms with E-state index in [1.54, 1.807) is 31.4 Å². The summed E-state index contributed by atoms with van der Waals surface area (Å²) >= 11 is 0. The number of anilines is 1. The second-order valence-electron chi connectivity index (χ2n) is 7.41. The molecule has 29 heavy (non-hydrogen) atoms. The van der Waals surface area contributed by atoms with Crippen molar-refractivity contribution in [3.05, 3.63) is 63.6 Å². The van der Waals surface area contributed by atoms with Gasteiger partial charge in [0.05, 0.1) is 12.5 Å². The minimum Gasteiger partial charge on any atom is -0.497 e. The normalized spacial score (nSPS) is 15.2. The topological polar surface area (TPSA) is 84.5 Å². The number of methoxy groups -OCH3 is 1. The number of rotatable bonds is 5. The number of fused-ring (bicyclic) bond motifs is 2. The lowest BCUT2D eigenvalue weighted by Crippen LogP contribution is -2.33. The molecule has 2 N–H and O–H groups in total. The molecule has 0 saturated heterocycles. The van der Waals surface area contributed by atoms with E-state index >= 15 is 0 Å². The molecule has 0 fully saturated rings. The Labute approximate surface area is 171 Å². The molecular formula is C22H24N2O4S. The van der Waals surface area contributed by atoms with Crippen LogP contribution < -0.4 is 14.8 Å². The third-order valence-corrected chi connectivity index (χ3v) is 6.44. The van der Waals surface area contributed by atoms with Gasteiger partial charge in [-0.3, -0.25) is 0 Å². The number of benzene rings is 2. The first-order valence-electron chi connectivity index (χ1n) is 9.77. The van der Waals surface area contributed by atoms with E-state index in [0.29, 0.717) is 11.3 Å². The monoisotopic (exact) mass is 412 g/mol. The van der Waals surface area contributed by atoms with E-state index in [1.807, 2.05) is 0 Å². The molecule has 7 heteroatoms. The molecule has 6 nitrogen and oxygen atoms in total. The zero-order chi connectivity index (χ0) is 20.4. The summed E-state index contributed by atoms with van der Waals surface area (Å²) in [6.07, 6.45) is 7.42. The van der Waals surface area contributed by atoms with Gasteiger partial charge in [-0.2, -0.15) is 0 Å². The highest BCUT2D eigenvalue weighted by Crippen LogP contribution is 2.38. The first-order chi connectivity index (χ1) is 13.9. The first-order valence-corrected chi connectivity index (χ1v) is 11.3. The van der Waals surface area contributed by atoms with Gasteiger partial charge >= 0.3 is 6.03 Å². The van der Waals surface area contributed by atoms with Crippen molar-refractivity contribution in [2.24, 2.45) is 0 Å². The second-order valence-corrected chi connectivity index (χ2v) is 8.98. The summed E-state index contributed by atoms with van der Waals surface area (Å²) in [6.45, 7) is 0. The van der Waals surface area contributed by atoms with E-state index in [2.05, 4.69) is 16.1 Å². The molecule has 2 aliphatic rings. The van der Waals surface area contributed by atoms with Gasteiger partial charge in [-0.05, 0) is 84.6 Å². The smallest absolute Gasteiger partial charge is 0.333 e. The zero-order valence-electron chi connectivity index (χ0n) is 16.3. The van der Waals surface area contributed by atoms with Crippen LogP contribution >= 0.6 is 0 Å². The minimum absolute atomic E-state index is 0.627. The predicted molar refractivity (Wildman–Crippen MR) is 114 cm³/mol. The fraction of sp³-hybridized carbons (Fsp3) is 0.318. The van der Waals surface area contributed by atoms with Gasteiger partial charge in [-0.25, -0.2) is 17.9 Å². The maximum atomic E-state index is 12.5. The maximum absolute atomic E-state index is 12.5. The fourth-order valence-corrected chi connectivity index (χ4v) is 4.90. The quantitative estimate of drug-likeness (QED) is 0.782. The fourth-order valence-electron chi connectivity index (χ4n) is 4.18. The Kier molecular flexibility index (Phi) is 5.32. The number of carbonyl (C=O) groups excluding carboxylic acids is 1. The molecule has 0 radical (unpaired) electrons. The summed E-state index contributed by atoms with van der Waals surface area (Å²) in [5.74, 6) is 0.627. The Morgan fingerprint density at radius 3 is 2.38 bits per heavy atom. The third kappa shape index (κ3) is 4.29. The van der Waals surface area contributed by atoms with E-state index in [4.69, 9.17) is 4.74 Å². The average molecular weight is 413 g/mol. The van der Waals surface area contributed by atoms with Crippen molar-refractivity contribution in [1.82, 2.24) is 4.72 Å². The second kappa shape index (κ2) is 7.91. The number of aryl methyl sites for hydroxylation is 2. The lowest BCUT2D eigenvalue weighted by atomic mass is 9.99. The average Bonchev–Trinajstić information content (AvgIpc) is 3.35. The highest BCUT2D eigenvalue weighted by molar-refractivity contribution is 7.93. The van der Waals surface area contributed by atoms with Crippen molar-refractivity contribution in [1.29, 1.82) is 0 Å². The van der Waals surface area contributed by atoms with Crippen LogP contribution in [-0.4, -0.2) is 21.6 Å². The number of hydrogen-bond donors (Lipinski definition) is 2. The Bertz CT molecular complexity index is 1060. The van der Waals surface area contributed by atoms with Crippen molar-refractivity contribution in [3.63, 3.8) is 0 Å². The van der Waals surface area contributed by atoms with Crippen LogP contribution in [0.5, 0.6) is 5.75 Å². The highest BCUT2D eigenvalue weighted by atomic mass is 32.2. The molecule has 4 rings (SSSR count). The Morgan fingerprint density at radius 2 is 1.72 bits per heavy atom. The molecule has 0 spiro atoms. The molecule has 0 unspecified atom stereocenters. The zero-order valence-corrected chi connectivity index (χ0v) is 17.1. The number of sulfonamides is 1. The highest BCUT2D eigenvalue weighted by Gasteiger charge is 2.25. The van der Waals surface area contributed by atoms with Gasteiger partial charge in [-0.1, -0.05) is 18.2 Å². The van der Waals surface area contributed by atoms with Crippen LogP contribution in [0.4, 0.5) is 10.5 Å². The lowest BCUT2D eigenvalue weighted by Gasteiger charge is -2.16. The van der Waals surface area contributed by atoms with Crippen LogP contribution in [0.25, 0.3) is 6.08 Å². The minimum atomic E-state index is -3.93. The molecular weight excluding hydrogens is 388 g/mol. The summed E-state index contributed by atoms with van der Waals surface area (Å²) in [5, 5.41) is 3.82. The van der Waals surface area contributed by atoms with Crippen LogP contribution in [0.15, 0.2) is 35.7 Å². The van der Waals surface area contributed by atoms with Crippen molar-refractivity contribution in [3.8, 4) is 5.75 Å².